The Labute approximate surface area is 68.5 Å². The molecule has 1 N–H and O–H groups in total. The molecule has 11 heavy (non-hydrogen) atoms. The molecule has 62 valence electrons. The zero-order valence-corrected chi connectivity index (χ0v) is 7.73. The van der Waals surface area contributed by atoms with Crippen LogP contribution in [0, 0.1) is 5.41 Å². The number of hydrogen-bond acceptors (Lipinski definition) is 2. The number of aliphatic imine (C=N–C) groups is 1. The van der Waals surface area contributed by atoms with E-state index in [1.807, 2.05) is 27.7 Å². The third-order valence-corrected chi connectivity index (χ3v) is 1.60. The molecule has 2 heteroatoms. The molecule has 0 saturated carbocycles. The summed E-state index contributed by atoms with van der Waals surface area (Å²) in [6.07, 6.45) is 1.31. The van der Waals surface area contributed by atoms with Gasteiger partial charge in [-0.15, -0.1) is 0 Å². The SMILES string of the molecule is CCN=C(C=N)C(C)=C(C)C. The summed E-state index contributed by atoms with van der Waals surface area (Å²) in [7, 11) is 0. The molecule has 0 aliphatic carbocycles. The molecule has 0 spiro atoms. The van der Waals surface area contributed by atoms with Crippen molar-refractivity contribution in [3.63, 3.8) is 0 Å². The van der Waals surface area contributed by atoms with Crippen molar-refractivity contribution in [3.05, 3.63) is 11.1 Å². The van der Waals surface area contributed by atoms with Crippen molar-refractivity contribution < 1.29 is 0 Å². The van der Waals surface area contributed by atoms with Crippen molar-refractivity contribution in [2.45, 2.75) is 27.7 Å². The van der Waals surface area contributed by atoms with E-state index in [4.69, 9.17) is 5.41 Å². The van der Waals surface area contributed by atoms with Crippen molar-refractivity contribution >= 4 is 11.9 Å². The maximum Gasteiger partial charge on any atom is 0.0778 e. The lowest BCUT2D eigenvalue weighted by Gasteiger charge is -2.01. The van der Waals surface area contributed by atoms with Gasteiger partial charge in [0.1, 0.15) is 0 Å². The monoisotopic (exact) mass is 152 g/mol. The van der Waals surface area contributed by atoms with E-state index in [0.717, 1.165) is 17.8 Å². The van der Waals surface area contributed by atoms with Crippen molar-refractivity contribution in [3.8, 4) is 0 Å². The summed E-state index contributed by atoms with van der Waals surface area (Å²) in [5.41, 5.74) is 3.13. The van der Waals surface area contributed by atoms with Crippen LogP contribution in [0.5, 0.6) is 0 Å². The number of allylic oxidation sites excluding steroid dienone is 2. The minimum atomic E-state index is 0.745. The molecular weight excluding hydrogens is 136 g/mol. The Morgan fingerprint density at radius 2 is 1.91 bits per heavy atom. The Morgan fingerprint density at radius 1 is 1.36 bits per heavy atom. The molecule has 0 rings (SSSR count). The summed E-state index contributed by atoms with van der Waals surface area (Å²) in [5, 5.41) is 7.10. The Morgan fingerprint density at radius 3 is 2.18 bits per heavy atom. The molecule has 0 saturated heterocycles. The largest absolute Gasteiger partial charge is 0.307 e. The minimum Gasteiger partial charge on any atom is -0.307 e. The molecule has 2 nitrogen and oxygen atoms in total. The number of nitrogens with zero attached hydrogens (tertiary/aromatic N) is 1. The molecule has 0 aromatic heterocycles. The summed E-state index contributed by atoms with van der Waals surface area (Å²) in [6.45, 7) is 8.78. The van der Waals surface area contributed by atoms with E-state index in [-0.39, 0.29) is 0 Å². The van der Waals surface area contributed by atoms with Crippen molar-refractivity contribution in [1.82, 2.24) is 0 Å². The highest BCUT2D eigenvalue weighted by Gasteiger charge is 1.97. The van der Waals surface area contributed by atoms with Crippen LogP contribution in [0.25, 0.3) is 0 Å². The molecule has 0 atom stereocenters. The third-order valence-electron chi connectivity index (χ3n) is 1.60. The molecule has 0 aromatic rings. The molecule has 0 aromatic carbocycles. The van der Waals surface area contributed by atoms with Crippen LogP contribution in [0.1, 0.15) is 27.7 Å². The molecule has 0 unspecified atom stereocenters. The second-order valence-electron chi connectivity index (χ2n) is 2.63. The molecular formula is C9H16N2. The van der Waals surface area contributed by atoms with Gasteiger partial charge in [-0.25, -0.2) is 0 Å². The first-order valence-electron chi connectivity index (χ1n) is 3.82. The third kappa shape index (κ3) is 3.12. The Hall–Kier alpha value is -0.920. The topological polar surface area (TPSA) is 36.2 Å². The highest BCUT2D eigenvalue weighted by Crippen LogP contribution is 2.03. The van der Waals surface area contributed by atoms with Gasteiger partial charge in [-0.1, -0.05) is 5.57 Å². The fraction of sp³-hybridized carbons (Fsp3) is 0.556. The van der Waals surface area contributed by atoms with Crippen molar-refractivity contribution in [2.75, 3.05) is 6.54 Å². The fourth-order valence-electron chi connectivity index (χ4n) is 0.699. The zero-order valence-electron chi connectivity index (χ0n) is 7.73. The van der Waals surface area contributed by atoms with E-state index < -0.39 is 0 Å². The van der Waals surface area contributed by atoms with Crippen LogP contribution in [-0.2, 0) is 0 Å². The van der Waals surface area contributed by atoms with Gasteiger partial charge < -0.3 is 5.41 Å². The summed E-state index contributed by atoms with van der Waals surface area (Å²) >= 11 is 0. The van der Waals surface area contributed by atoms with Crippen LogP contribution in [0.4, 0.5) is 0 Å². The lowest BCUT2D eigenvalue weighted by Crippen LogP contribution is -2.03. The highest BCUT2D eigenvalue weighted by atomic mass is 14.7. The first-order valence-corrected chi connectivity index (χ1v) is 3.82. The lowest BCUT2D eigenvalue weighted by atomic mass is 10.1. The first kappa shape index (κ1) is 10.1. The molecule has 0 heterocycles. The Balaban J connectivity index is 4.66. The maximum absolute atomic E-state index is 7.10. The zero-order chi connectivity index (χ0) is 8.85. The number of hydrogen-bond donors (Lipinski definition) is 1. The van der Waals surface area contributed by atoms with Gasteiger partial charge in [0.05, 0.1) is 5.71 Å². The average molecular weight is 152 g/mol. The van der Waals surface area contributed by atoms with Gasteiger partial charge in [-0.05, 0) is 33.3 Å². The lowest BCUT2D eigenvalue weighted by molar-refractivity contribution is 1.13. The van der Waals surface area contributed by atoms with Gasteiger partial charge in [-0.3, -0.25) is 4.99 Å². The van der Waals surface area contributed by atoms with Gasteiger partial charge in [0.2, 0.25) is 0 Å². The second kappa shape index (κ2) is 4.83. The van der Waals surface area contributed by atoms with Gasteiger partial charge in [-0.2, -0.15) is 0 Å². The summed E-state index contributed by atoms with van der Waals surface area (Å²) in [5.74, 6) is 0. The maximum atomic E-state index is 7.10. The summed E-state index contributed by atoms with van der Waals surface area (Å²) in [6, 6.07) is 0. The van der Waals surface area contributed by atoms with Gasteiger partial charge in [0, 0.05) is 12.8 Å². The Kier molecular flexibility index (Phi) is 4.42. The standard InChI is InChI=1S/C9H16N2/c1-5-11-9(6-10)8(4)7(2)3/h6,10H,5H2,1-4H3. The first-order chi connectivity index (χ1) is 5.13. The minimum absolute atomic E-state index is 0.745. The number of rotatable bonds is 3. The van der Waals surface area contributed by atoms with Crippen LogP contribution >= 0.6 is 0 Å². The van der Waals surface area contributed by atoms with Crippen LogP contribution < -0.4 is 0 Å². The fourth-order valence-corrected chi connectivity index (χ4v) is 0.699. The Bertz CT molecular complexity index is 196. The molecule has 0 aliphatic rings. The van der Waals surface area contributed by atoms with Crippen LogP contribution in [0.3, 0.4) is 0 Å². The average Bonchev–Trinajstić information content (AvgIpc) is 1.98. The van der Waals surface area contributed by atoms with E-state index in [2.05, 4.69) is 4.99 Å². The van der Waals surface area contributed by atoms with E-state index in [1.165, 1.54) is 11.8 Å². The van der Waals surface area contributed by atoms with E-state index in [1.54, 1.807) is 0 Å². The van der Waals surface area contributed by atoms with Gasteiger partial charge >= 0.3 is 0 Å². The van der Waals surface area contributed by atoms with Crippen LogP contribution in [0.2, 0.25) is 0 Å². The quantitative estimate of drug-likeness (QED) is 0.603. The summed E-state index contributed by atoms with van der Waals surface area (Å²) in [4.78, 5) is 4.18. The van der Waals surface area contributed by atoms with Crippen molar-refractivity contribution in [2.24, 2.45) is 4.99 Å². The summed E-state index contributed by atoms with van der Waals surface area (Å²) < 4.78 is 0. The second-order valence-corrected chi connectivity index (χ2v) is 2.63. The molecule has 0 fully saturated rings. The smallest absolute Gasteiger partial charge is 0.0778 e. The molecule has 0 aliphatic heterocycles. The van der Waals surface area contributed by atoms with E-state index in [9.17, 15) is 0 Å². The number of nitrogens with one attached hydrogen (secondary N) is 1. The van der Waals surface area contributed by atoms with Crippen LogP contribution in [0.15, 0.2) is 16.1 Å². The predicted octanol–water partition coefficient (Wildman–Crippen LogP) is 2.45. The molecule has 0 amide bonds. The highest BCUT2D eigenvalue weighted by molar-refractivity contribution is 6.37. The van der Waals surface area contributed by atoms with Crippen molar-refractivity contribution in [1.29, 1.82) is 5.41 Å². The van der Waals surface area contributed by atoms with Gasteiger partial charge in [0.15, 0.2) is 0 Å². The predicted molar refractivity (Wildman–Crippen MR) is 50.8 cm³/mol. The molecule has 0 radical (unpaired) electrons. The normalized spacial score (nSPS) is 11.1. The van der Waals surface area contributed by atoms with E-state index >= 15 is 0 Å². The molecule has 0 bridgehead atoms. The van der Waals surface area contributed by atoms with E-state index in [0.29, 0.717) is 0 Å². The van der Waals surface area contributed by atoms with Crippen LogP contribution in [-0.4, -0.2) is 18.5 Å². The van der Waals surface area contributed by atoms with Gasteiger partial charge in [0.25, 0.3) is 0 Å².